The number of para-hydroxylation sites is 2. The van der Waals surface area contributed by atoms with Crippen molar-refractivity contribution in [2.24, 2.45) is 5.92 Å². The van der Waals surface area contributed by atoms with Crippen LogP contribution in [-0.2, 0) is 14.6 Å². The first-order valence-corrected chi connectivity index (χ1v) is 10.2. The van der Waals surface area contributed by atoms with Gasteiger partial charge in [0.05, 0.1) is 23.0 Å². The predicted molar refractivity (Wildman–Crippen MR) is 97.5 cm³/mol. The third-order valence-electron chi connectivity index (χ3n) is 4.14. The number of benzene rings is 1. The molecule has 0 unspecified atom stereocenters. The fourth-order valence-corrected chi connectivity index (χ4v) is 4.46. The normalized spacial score (nSPS) is 18.3. The number of carbonyl (C=O) groups excluding carboxylic acids is 1. The Bertz CT molecular complexity index is 921. The van der Waals surface area contributed by atoms with E-state index in [-0.39, 0.29) is 16.7 Å². The first-order chi connectivity index (χ1) is 12.1. The number of carbonyl (C=O) groups is 1. The highest BCUT2D eigenvalue weighted by Gasteiger charge is 2.33. The second-order valence-electron chi connectivity index (χ2n) is 7.56. The third kappa shape index (κ3) is 4.30. The van der Waals surface area contributed by atoms with Gasteiger partial charge in [0.1, 0.15) is 5.60 Å². The van der Waals surface area contributed by atoms with Gasteiger partial charge in [-0.25, -0.2) is 18.2 Å². The zero-order chi connectivity index (χ0) is 18.9. The maximum absolute atomic E-state index is 12.7. The van der Waals surface area contributed by atoms with Crippen molar-refractivity contribution in [3.63, 3.8) is 0 Å². The topological polar surface area (TPSA) is 89.5 Å². The molecule has 0 radical (unpaired) electrons. The van der Waals surface area contributed by atoms with Gasteiger partial charge in [-0.1, -0.05) is 12.1 Å². The van der Waals surface area contributed by atoms with E-state index in [4.69, 9.17) is 4.74 Å². The van der Waals surface area contributed by atoms with Crippen LogP contribution < -0.4 is 0 Å². The summed E-state index contributed by atoms with van der Waals surface area (Å²) in [5, 5.41) is -0.0214. The molecule has 1 aliphatic rings. The molecule has 1 aromatic carbocycles. The van der Waals surface area contributed by atoms with Crippen molar-refractivity contribution >= 4 is 27.0 Å². The number of likely N-dealkylation sites (tertiary alicyclic amines) is 1. The van der Waals surface area contributed by atoms with Crippen LogP contribution in [0.3, 0.4) is 0 Å². The molecule has 3 rings (SSSR count). The van der Waals surface area contributed by atoms with Crippen molar-refractivity contribution in [2.75, 3.05) is 18.8 Å². The van der Waals surface area contributed by atoms with Crippen LogP contribution in [0.15, 0.2) is 35.5 Å². The van der Waals surface area contributed by atoms with Crippen LogP contribution >= 0.6 is 0 Å². The zero-order valence-corrected chi connectivity index (χ0v) is 16.0. The molecule has 0 bridgehead atoms. The maximum atomic E-state index is 12.7. The molecular formula is C18H23N3O4S. The summed E-state index contributed by atoms with van der Waals surface area (Å²) < 4.78 is 30.7. The Morgan fingerprint density at radius 1 is 1.27 bits per heavy atom. The lowest BCUT2D eigenvalue weighted by molar-refractivity contribution is 0.0289. The van der Waals surface area contributed by atoms with Crippen molar-refractivity contribution in [3.05, 3.63) is 30.5 Å². The van der Waals surface area contributed by atoms with Gasteiger partial charge in [-0.2, -0.15) is 0 Å². The minimum atomic E-state index is -3.57. The smallest absolute Gasteiger partial charge is 0.410 e. The highest BCUT2D eigenvalue weighted by atomic mass is 32.2. The molecule has 7 nitrogen and oxygen atoms in total. The number of sulfone groups is 1. The summed E-state index contributed by atoms with van der Waals surface area (Å²) in [6.45, 7) is 6.29. The number of rotatable bonds is 3. The fourth-order valence-electron chi connectivity index (χ4n) is 2.95. The lowest BCUT2D eigenvalue weighted by Crippen LogP contribution is -2.35. The van der Waals surface area contributed by atoms with Crippen LogP contribution in [0.4, 0.5) is 4.79 Å². The second kappa shape index (κ2) is 6.83. The second-order valence-corrected chi connectivity index (χ2v) is 9.54. The Labute approximate surface area is 153 Å². The van der Waals surface area contributed by atoms with Gasteiger partial charge >= 0.3 is 6.09 Å². The molecule has 1 aliphatic heterocycles. The highest BCUT2D eigenvalue weighted by molar-refractivity contribution is 7.91. The van der Waals surface area contributed by atoms with Gasteiger partial charge in [-0.05, 0) is 45.2 Å². The largest absolute Gasteiger partial charge is 0.444 e. The third-order valence-corrected chi connectivity index (χ3v) is 5.88. The van der Waals surface area contributed by atoms with Crippen LogP contribution in [0.1, 0.15) is 27.2 Å². The van der Waals surface area contributed by atoms with Gasteiger partial charge in [0.15, 0.2) is 14.9 Å². The molecule has 2 heterocycles. The van der Waals surface area contributed by atoms with Gasteiger partial charge in [0, 0.05) is 13.1 Å². The van der Waals surface area contributed by atoms with Crippen molar-refractivity contribution in [1.29, 1.82) is 0 Å². The van der Waals surface area contributed by atoms with E-state index in [2.05, 4.69) is 9.97 Å². The number of fused-ring (bicyclic) bond motifs is 1. The molecular weight excluding hydrogens is 354 g/mol. The van der Waals surface area contributed by atoms with Gasteiger partial charge < -0.3 is 9.64 Å². The van der Waals surface area contributed by atoms with E-state index in [9.17, 15) is 13.2 Å². The quantitative estimate of drug-likeness (QED) is 0.817. The molecule has 0 aliphatic carbocycles. The number of amides is 1. The van der Waals surface area contributed by atoms with Gasteiger partial charge in [-0.3, -0.25) is 4.98 Å². The van der Waals surface area contributed by atoms with E-state index >= 15 is 0 Å². The summed E-state index contributed by atoms with van der Waals surface area (Å²) in [5.74, 6) is -0.194. The molecule has 2 aromatic rings. The van der Waals surface area contributed by atoms with Crippen LogP contribution in [0, 0.1) is 5.92 Å². The van der Waals surface area contributed by atoms with Gasteiger partial charge in [0.25, 0.3) is 0 Å². The van der Waals surface area contributed by atoms with E-state index in [1.165, 1.54) is 6.20 Å². The molecule has 0 saturated carbocycles. The lowest BCUT2D eigenvalue weighted by Gasteiger charge is -2.24. The number of nitrogens with zero attached hydrogens (tertiary/aromatic N) is 3. The van der Waals surface area contributed by atoms with E-state index in [1.807, 2.05) is 6.07 Å². The molecule has 1 saturated heterocycles. The Morgan fingerprint density at radius 3 is 2.65 bits per heavy atom. The zero-order valence-electron chi connectivity index (χ0n) is 15.2. The van der Waals surface area contributed by atoms with E-state index in [1.54, 1.807) is 43.9 Å². The lowest BCUT2D eigenvalue weighted by atomic mass is 10.2. The molecule has 8 heteroatoms. The Hall–Kier alpha value is -2.22. The standard InChI is InChI=1S/C18H23N3O4S/c1-18(2,3)25-17(22)21-9-8-13(11-21)12-26(23,24)16-10-19-14-6-4-5-7-15(14)20-16/h4-7,10,13H,8-9,11-12H2,1-3H3/t13-/m0/s1. The minimum Gasteiger partial charge on any atom is -0.444 e. The SMILES string of the molecule is CC(C)(C)OC(=O)N1CC[C@H](CS(=O)(=O)c2cnc3ccccc3n2)C1. The molecule has 1 amide bonds. The molecule has 1 atom stereocenters. The first kappa shape index (κ1) is 18.6. The Morgan fingerprint density at radius 2 is 1.96 bits per heavy atom. The van der Waals surface area contributed by atoms with E-state index in [0.29, 0.717) is 30.5 Å². The van der Waals surface area contributed by atoms with Crippen molar-refractivity contribution in [1.82, 2.24) is 14.9 Å². The van der Waals surface area contributed by atoms with E-state index in [0.717, 1.165) is 0 Å². The molecule has 1 aromatic heterocycles. The molecule has 0 N–H and O–H groups in total. The van der Waals surface area contributed by atoms with Crippen molar-refractivity contribution < 1.29 is 17.9 Å². The van der Waals surface area contributed by atoms with Crippen molar-refractivity contribution in [2.45, 2.75) is 37.8 Å². The molecule has 140 valence electrons. The highest BCUT2D eigenvalue weighted by Crippen LogP contribution is 2.23. The van der Waals surface area contributed by atoms with E-state index < -0.39 is 21.5 Å². The van der Waals surface area contributed by atoms with Crippen LogP contribution in [-0.4, -0.2) is 53.8 Å². The summed E-state index contributed by atoms with van der Waals surface area (Å²) in [6, 6.07) is 7.15. The summed E-state index contributed by atoms with van der Waals surface area (Å²) >= 11 is 0. The monoisotopic (exact) mass is 377 g/mol. The maximum Gasteiger partial charge on any atom is 0.410 e. The molecule has 0 spiro atoms. The van der Waals surface area contributed by atoms with Crippen LogP contribution in [0.2, 0.25) is 0 Å². The minimum absolute atomic E-state index is 0.0214. The van der Waals surface area contributed by atoms with Crippen LogP contribution in [0.25, 0.3) is 11.0 Å². The number of hydrogen-bond donors (Lipinski definition) is 0. The van der Waals surface area contributed by atoms with Gasteiger partial charge in [0.2, 0.25) is 0 Å². The summed E-state index contributed by atoms with van der Waals surface area (Å²) in [5.41, 5.74) is 0.640. The average Bonchev–Trinajstić information content (AvgIpc) is 3.01. The average molecular weight is 377 g/mol. The fraction of sp³-hybridized carbons (Fsp3) is 0.500. The number of aromatic nitrogens is 2. The number of ether oxygens (including phenoxy) is 1. The van der Waals surface area contributed by atoms with Crippen molar-refractivity contribution in [3.8, 4) is 0 Å². The Kier molecular flexibility index (Phi) is 4.88. The first-order valence-electron chi connectivity index (χ1n) is 8.56. The predicted octanol–water partition coefficient (Wildman–Crippen LogP) is 2.66. The summed E-state index contributed by atoms with van der Waals surface area (Å²) in [6.07, 6.45) is 1.53. The summed E-state index contributed by atoms with van der Waals surface area (Å²) in [4.78, 5) is 22.1. The Balaban J connectivity index is 1.69. The van der Waals surface area contributed by atoms with Gasteiger partial charge in [-0.15, -0.1) is 0 Å². The molecule has 26 heavy (non-hydrogen) atoms. The molecule has 1 fully saturated rings. The summed E-state index contributed by atoms with van der Waals surface area (Å²) in [7, 11) is -3.57. The number of hydrogen-bond acceptors (Lipinski definition) is 6. The van der Waals surface area contributed by atoms with Crippen LogP contribution in [0.5, 0.6) is 0 Å².